The second kappa shape index (κ2) is 12.3. The van der Waals surface area contributed by atoms with Crippen LogP contribution in [0.4, 0.5) is 9.18 Å². The third-order valence-corrected chi connectivity index (χ3v) is 7.62. The maximum Gasteiger partial charge on any atom is 0.321 e. The van der Waals surface area contributed by atoms with Crippen LogP contribution in [0.15, 0.2) is 84.9 Å². The van der Waals surface area contributed by atoms with E-state index in [1.807, 2.05) is 60.7 Å². The van der Waals surface area contributed by atoms with Crippen molar-refractivity contribution in [3.63, 3.8) is 0 Å². The number of morpholine rings is 1. The van der Waals surface area contributed by atoms with E-state index in [4.69, 9.17) is 9.47 Å². The zero-order valence-corrected chi connectivity index (χ0v) is 22.2. The van der Waals surface area contributed by atoms with Gasteiger partial charge in [0.2, 0.25) is 5.91 Å². The number of amides is 3. The summed E-state index contributed by atoms with van der Waals surface area (Å²) in [7, 11) is 1.32. The van der Waals surface area contributed by atoms with Crippen LogP contribution in [0.3, 0.4) is 0 Å². The van der Waals surface area contributed by atoms with Gasteiger partial charge in [-0.05, 0) is 28.8 Å². The fourth-order valence-electron chi connectivity index (χ4n) is 5.75. The SMILES string of the molecule is COC(=O)C1C(c2ccccc2)C(C(=O)NCc2ccc(F)cc2)N(C(=O)N2CCOCC2)C1c1ccccc1. The number of esters is 1. The highest BCUT2D eigenvalue weighted by Gasteiger charge is 2.58. The molecule has 9 heteroatoms. The summed E-state index contributed by atoms with van der Waals surface area (Å²) in [5.74, 6) is -2.81. The number of benzene rings is 3. The lowest BCUT2D eigenvalue weighted by molar-refractivity contribution is -0.146. The lowest BCUT2D eigenvalue weighted by Crippen LogP contribution is -2.54. The lowest BCUT2D eigenvalue weighted by atomic mass is 9.80. The van der Waals surface area contributed by atoms with E-state index >= 15 is 0 Å². The Balaban J connectivity index is 1.62. The molecular formula is C31H32FN3O5. The number of rotatable bonds is 6. The van der Waals surface area contributed by atoms with E-state index in [1.54, 1.807) is 21.9 Å². The molecular weight excluding hydrogens is 513 g/mol. The summed E-state index contributed by atoms with van der Waals surface area (Å²) in [6, 6.07) is 22.3. The number of carbonyl (C=O) groups excluding carboxylic acids is 3. The van der Waals surface area contributed by atoms with E-state index in [1.165, 1.54) is 19.2 Å². The van der Waals surface area contributed by atoms with Crippen LogP contribution in [0.5, 0.6) is 0 Å². The minimum Gasteiger partial charge on any atom is -0.469 e. The zero-order chi connectivity index (χ0) is 28.1. The molecule has 4 unspecified atom stereocenters. The number of nitrogens with zero attached hydrogens (tertiary/aromatic N) is 2. The molecule has 3 amide bonds. The molecule has 2 fully saturated rings. The maximum absolute atomic E-state index is 14.3. The summed E-state index contributed by atoms with van der Waals surface area (Å²) in [6.07, 6.45) is 0. The van der Waals surface area contributed by atoms with Gasteiger partial charge in [-0.2, -0.15) is 0 Å². The zero-order valence-electron chi connectivity index (χ0n) is 22.2. The van der Waals surface area contributed by atoms with Crippen LogP contribution >= 0.6 is 0 Å². The number of likely N-dealkylation sites (tertiary alicyclic amines) is 1. The Bertz CT molecular complexity index is 1320. The number of methoxy groups -OCH3 is 1. The van der Waals surface area contributed by atoms with Gasteiger partial charge in [0.25, 0.3) is 0 Å². The minimum atomic E-state index is -1.02. The smallest absolute Gasteiger partial charge is 0.321 e. The van der Waals surface area contributed by atoms with Crippen LogP contribution in [-0.2, 0) is 25.6 Å². The highest BCUT2D eigenvalue weighted by molar-refractivity contribution is 5.92. The van der Waals surface area contributed by atoms with Crippen LogP contribution in [0.1, 0.15) is 28.7 Å². The van der Waals surface area contributed by atoms with Crippen molar-refractivity contribution in [1.82, 2.24) is 15.1 Å². The summed E-state index contributed by atoms with van der Waals surface area (Å²) >= 11 is 0. The molecule has 2 aliphatic heterocycles. The van der Waals surface area contributed by atoms with Gasteiger partial charge in [-0.1, -0.05) is 72.8 Å². The van der Waals surface area contributed by atoms with Gasteiger partial charge in [-0.25, -0.2) is 9.18 Å². The van der Waals surface area contributed by atoms with Gasteiger partial charge in [0, 0.05) is 25.6 Å². The number of carbonyl (C=O) groups is 3. The Kier molecular flexibility index (Phi) is 8.40. The van der Waals surface area contributed by atoms with Gasteiger partial charge in [0.15, 0.2) is 0 Å². The predicted molar refractivity (Wildman–Crippen MR) is 146 cm³/mol. The first kappa shape index (κ1) is 27.3. The Morgan fingerprint density at radius 2 is 1.50 bits per heavy atom. The number of ether oxygens (including phenoxy) is 2. The number of hydrogen-bond acceptors (Lipinski definition) is 5. The van der Waals surface area contributed by atoms with Crippen molar-refractivity contribution in [3.05, 3.63) is 107 Å². The van der Waals surface area contributed by atoms with Gasteiger partial charge in [-0.15, -0.1) is 0 Å². The molecule has 2 aliphatic rings. The van der Waals surface area contributed by atoms with Crippen LogP contribution < -0.4 is 5.32 Å². The molecule has 3 aromatic rings. The topological polar surface area (TPSA) is 88.2 Å². The Labute approximate surface area is 232 Å². The molecule has 4 atom stereocenters. The standard InChI is InChI=1S/C31H32FN3O5/c1-39-30(37)26-25(22-8-4-2-5-9-22)28(29(36)33-20-21-12-14-24(32)15-13-21)35(27(26)23-10-6-3-7-11-23)31(38)34-16-18-40-19-17-34/h2-15,25-28H,16-20H2,1H3,(H,33,36). The largest absolute Gasteiger partial charge is 0.469 e. The average molecular weight is 546 g/mol. The van der Waals surface area contributed by atoms with E-state index < -0.39 is 35.8 Å². The van der Waals surface area contributed by atoms with E-state index in [2.05, 4.69) is 5.32 Å². The monoisotopic (exact) mass is 545 g/mol. The maximum atomic E-state index is 14.3. The van der Waals surface area contributed by atoms with Crippen molar-refractivity contribution >= 4 is 17.9 Å². The number of hydrogen-bond donors (Lipinski definition) is 1. The third kappa shape index (κ3) is 5.56. The second-order valence-corrected chi connectivity index (χ2v) is 9.92. The number of urea groups is 1. The summed E-state index contributed by atoms with van der Waals surface area (Å²) in [5, 5.41) is 2.95. The summed E-state index contributed by atoms with van der Waals surface area (Å²) in [4.78, 5) is 45.2. The van der Waals surface area contributed by atoms with E-state index in [0.29, 0.717) is 31.9 Å². The quantitative estimate of drug-likeness (QED) is 0.475. The van der Waals surface area contributed by atoms with Crippen LogP contribution in [0.2, 0.25) is 0 Å². The molecule has 0 aliphatic carbocycles. The molecule has 2 saturated heterocycles. The minimum absolute atomic E-state index is 0.135. The van der Waals surface area contributed by atoms with Crippen LogP contribution in [0.25, 0.3) is 0 Å². The molecule has 3 aromatic carbocycles. The molecule has 0 aromatic heterocycles. The van der Waals surface area contributed by atoms with Crippen molar-refractivity contribution in [2.45, 2.75) is 24.5 Å². The lowest BCUT2D eigenvalue weighted by Gasteiger charge is -2.37. The first-order chi connectivity index (χ1) is 19.5. The first-order valence-corrected chi connectivity index (χ1v) is 13.3. The summed E-state index contributed by atoms with van der Waals surface area (Å²) < 4.78 is 24.2. The Morgan fingerprint density at radius 1 is 0.900 bits per heavy atom. The van der Waals surface area contributed by atoms with Crippen LogP contribution in [-0.4, -0.2) is 67.2 Å². The normalized spacial score (nSPS) is 22.6. The summed E-state index contributed by atoms with van der Waals surface area (Å²) in [5.41, 5.74) is 2.19. The second-order valence-electron chi connectivity index (χ2n) is 9.92. The van der Waals surface area contributed by atoms with Crippen molar-refractivity contribution in [2.24, 2.45) is 5.92 Å². The van der Waals surface area contributed by atoms with Gasteiger partial charge in [-0.3, -0.25) is 9.59 Å². The van der Waals surface area contributed by atoms with E-state index in [-0.39, 0.29) is 18.4 Å². The first-order valence-electron chi connectivity index (χ1n) is 13.3. The molecule has 1 N–H and O–H groups in total. The molecule has 0 saturated carbocycles. The van der Waals surface area contributed by atoms with E-state index in [9.17, 15) is 18.8 Å². The molecule has 0 spiro atoms. The molecule has 8 nitrogen and oxygen atoms in total. The number of halogens is 1. The molecule has 2 heterocycles. The number of nitrogens with one attached hydrogen (secondary N) is 1. The van der Waals surface area contributed by atoms with Gasteiger partial charge in [0.1, 0.15) is 11.9 Å². The molecule has 0 radical (unpaired) electrons. The Morgan fingerprint density at radius 3 is 2.10 bits per heavy atom. The molecule has 40 heavy (non-hydrogen) atoms. The van der Waals surface area contributed by atoms with Crippen molar-refractivity contribution in [3.8, 4) is 0 Å². The fourth-order valence-corrected chi connectivity index (χ4v) is 5.75. The molecule has 0 bridgehead atoms. The van der Waals surface area contributed by atoms with E-state index in [0.717, 1.165) is 11.1 Å². The van der Waals surface area contributed by atoms with Gasteiger partial charge >= 0.3 is 12.0 Å². The fraction of sp³-hybridized carbons (Fsp3) is 0.323. The Hall–Kier alpha value is -4.24. The van der Waals surface area contributed by atoms with Gasteiger partial charge in [0.05, 0.1) is 32.3 Å². The van der Waals surface area contributed by atoms with Crippen molar-refractivity contribution < 1.29 is 28.2 Å². The average Bonchev–Trinajstić information content (AvgIpc) is 3.37. The van der Waals surface area contributed by atoms with Crippen LogP contribution in [0, 0.1) is 11.7 Å². The molecule has 208 valence electrons. The van der Waals surface area contributed by atoms with Gasteiger partial charge < -0.3 is 24.6 Å². The summed E-state index contributed by atoms with van der Waals surface area (Å²) in [6.45, 7) is 1.66. The molecule has 5 rings (SSSR count). The highest BCUT2D eigenvalue weighted by atomic mass is 19.1. The highest BCUT2D eigenvalue weighted by Crippen LogP contribution is 2.51. The van der Waals surface area contributed by atoms with Crippen molar-refractivity contribution in [1.29, 1.82) is 0 Å². The third-order valence-electron chi connectivity index (χ3n) is 7.62. The predicted octanol–water partition coefficient (Wildman–Crippen LogP) is 3.89. The van der Waals surface area contributed by atoms with Crippen molar-refractivity contribution in [2.75, 3.05) is 33.4 Å².